The highest BCUT2D eigenvalue weighted by Crippen LogP contribution is 2.40. The maximum absolute atomic E-state index is 14.5. The lowest BCUT2D eigenvalue weighted by Crippen LogP contribution is -2.61. The summed E-state index contributed by atoms with van der Waals surface area (Å²) in [5, 5.41) is 34.3. The molecular weight excluding hydrogens is 799 g/mol. The molecule has 1 aromatic heterocycles. The number of hydrogen-bond acceptors (Lipinski definition) is 15. The molecule has 4 saturated heterocycles. The van der Waals surface area contributed by atoms with Crippen LogP contribution in [0.4, 0.5) is 10.5 Å². The quantitative estimate of drug-likeness (QED) is 0.110. The smallest absolute Gasteiger partial charge is 0.410 e. The number of nitrogens with one attached hydrogen (secondary N) is 1. The second-order valence-corrected chi connectivity index (χ2v) is 18.8. The van der Waals surface area contributed by atoms with Gasteiger partial charge in [0.05, 0.1) is 36.2 Å². The minimum Gasteiger partial charge on any atom is -0.458 e. The van der Waals surface area contributed by atoms with Crippen LogP contribution >= 0.6 is 0 Å². The highest BCUT2D eigenvalue weighted by atomic mass is 16.7. The number of cyclic esters (lactones) is 1. The molecular formula is C45H71N7O10. The van der Waals surface area contributed by atoms with Gasteiger partial charge < -0.3 is 44.9 Å². The zero-order chi connectivity index (χ0) is 45.1. The van der Waals surface area contributed by atoms with Gasteiger partial charge in [-0.3, -0.25) is 24.1 Å². The number of Topliss-reactive ketones (excluding diaryl/α,β-unsaturated/α-hetero) is 1. The summed E-state index contributed by atoms with van der Waals surface area (Å²) in [5.74, 6) is -3.28. The number of aliphatic hydroxyl groups excluding tert-OH is 2. The number of hydrogen-bond donors (Lipinski definition) is 4. The molecule has 17 nitrogen and oxygen atoms in total. The van der Waals surface area contributed by atoms with Crippen LogP contribution in [0.3, 0.4) is 0 Å². The molecule has 4 aliphatic heterocycles. The lowest BCUT2D eigenvalue weighted by atomic mass is 9.78. The molecule has 6 rings (SSSR count). The molecule has 17 heteroatoms. The summed E-state index contributed by atoms with van der Waals surface area (Å²) in [7, 11) is 1.58. The number of amides is 1. The van der Waals surface area contributed by atoms with Gasteiger partial charge in [-0.05, 0) is 97.7 Å². The van der Waals surface area contributed by atoms with Crippen LogP contribution in [-0.4, -0.2) is 152 Å². The first kappa shape index (κ1) is 47.8. The van der Waals surface area contributed by atoms with E-state index in [0.717, 1.165) is 11.3 Å². The number of nitrogens with two attached hydrogens (primary N) is 1. The number of β-amino-alcohol motifs (C(OH)–C–C–N with tert-alkyl or cyclic N) is 1. The van der Waals surface area contributed by atoms with E-state index in [0.29, 0.717) is 76.9 Å². The maximum Gasteiger partial charge on any atom is 0.410 e. The highest BCUT2D eigenvalue weighted by molar-refractivity contribution is 6.00. The average Bonchev–Trinajstić information content (AvgIpc) is 3.96. The van der Waals surface area contributed by atoms with Gasteiger partial charge in [-0.15, -0.1) is 5.10 Å². The van der Waals surface area contributed by atoms with Crippen molar-refractivity contribution in [3.05, 3.63) is 30.5 Å². The lowest BCUT2D eigenvalue weighted by Gasteiger charge is -2.47. The largest absolute Gasteiger partial charge is 0.458 e. The molecule has 0 bridgehead atoms. The Morgan fingerprint density at radius 3 is 2.48 bits per heavy atom. The number of methoxy groups -OCH3 is 1. The van der Waals surface area contributed by atoms with Crippen molar-refractivity contribution in [3.63, 3.8) is 0 Å². The summed E-state index contributed by atoms with van der Waals surface area (Å²) in [6, 6.07) is 6.33. The zero-order valence-corrected chi connectivity index (χ0v) is 38.1. The number of aryl methyl sites for hydroxylation is 1. The summed E-state index contributed by atoms with van der Waals surface area (Å²) in [6.45, 7) is 17.4. The van der Waals surface area contributed by atoms with Gasteiger partial charge in [0.1, 0.15) is 23.8 Å². The molecule has 4 aliphatic rings. The number of nitrogen functional groups attached to an aromatic ring is 1. The Kier molecular flexibility index (Phi) is 15.4. The predicted molar refractivity (Wildman–Crippen MR) is 230 cm³/mol. The number of ketones is 1. The first-order valence-electron chi connectivity index (χ1n) is 22.6. The van der Waals surface area contributed by atoms with Crippen molar-refractivity contribution in [3.8, 4) is 11.3 Å². The van der Waals surface area contributed by atoms with Gasteiger partial charge in [0.15, 0.2) is 17.7 Å². The van der Waals surface area contributed by atoms with Crippen molar-refractivity contribution in [1.29, 1.82) is 0 Å². The minimum absolute atomic E-state index is 0.0363. The monoisotopic (exact) mass is 870 g/mol. The Labute approximate surface area is 366 Å². The first-order chi connectivity index (χ1) is 29.4. The van der Waals surface area contributed by atoms with E-state index in [2.05, 4.69) is 27.5 Å². The van der Waals surface area contributed by atoms with Crippen LogP contribution in [-0.2, 0) is 39.8 Å². The van der Waals surface area contributed by atoms with Crippen LogP contribution in [0.2, 0.25) is 0 Å². The Bertz CT molecular complexity index is 1850. The van der Waals surface area contributed by atoms with Crippen LogP contribution in [0.15, 0.2) is 30.5 Å². The molecule has 5 N–H and O–H groups in total. The Hall–Kier alpha value is -3.71. The number of nitrogens with zero attached hydrogens (tertiary/aromatic N) is 5. The fourth-order valence-electron chi connectivity index (χ4n) is 10.4. The third-order valence-electron chi connectivity index (χ3n) is 13.8. The number of fused-ring (bicyclic) bond motifs is 1. The Morgan fingerprint density at radius 2 is 1.81 bits per heavy atom. The molecule has 4 fully saturated rings. The van der Waals surface area contributed by atoms with E-state index >= 15 is 0 Å². The fourth-order valence-corrected chi connectivity index (χ4v) is 10.4. The zero-order valence-electron chi connectivity index (χ0n) is 38.1. The van der Waals surface area contributed by atoms with Gasteiger partial charge in [-0.25, -0.2) is 4.79 Å². The molecule has 1 aromatic carbocycles. The van der Waals surface area contributed by atoms with Gasteiger partial charge in [-0.1, -0.05) is 38.1 Å². The van der Waals surface area contributed by atoms with Crippen molar-refractivity contribution < 1.29 is 48.3 Å². The standard InChI is InChI=1S/C45H71N7O10/c1-10-36-45(8)39(52(43(57)62-45)18-12-11-17-51-25-34(48-49-51)31-14-13-15-32(46)21-31)30(6)47-23-26(2)22-44(7,58-9)40(28(4)37(54)29(5)41(56)60-36)61-42-38(55)35(20-27(3)59-42)50-19-16-33(53)24-50/h13-15,21,25-30,33,35-36,38-40,42,47,53,55H,10-12,16-20,22-24,46H2,1-9H3/t26-,27?,28+,29-,30-,33-,35?,36-,38?,39-,40-,42+,44-,45-/m1/s1. The molecule has 346 valence electrons. The molecule has 2 aromatic rings. The van der Waals surface area contributed by atoms with Crippen molar-refractivity contribution in [1.82, 2.24) is 30.1 Å². The fraction of sp³-hybridized carbons (Fsp3) is 0.756. The van der Waals surface area contributed by atoms with Crippen LogP contribution in [0, 0.1) is 17.8 Å². The molecule has 0 saturated carbocycles. The number of aliphatic hydroxyl groups is 2. The average molecular weight is 870 g/mol. The van der Waals surface area contributed by atoms with E-state index in [9.17, 15) is 24.6 Å². The number of anilines is 1. The number of rotatable bonds is 11. The van der Waals surface area contributed by atoms with Crippen LogP contribution in [0.25, 0.3) is 11.3 Å². The summed E-state index contributed by atoms with van der Waals surface area (Å²) in [4.78, 5) is 46.2. The van der Waals surface area contributed by atoms with Crippen LogP contribution < -0.4 is 11.1 Å². The first-order valence-corrected chi connectivity index (χ1v) is 22.6. The molecule has 0 aliphatic carbocycles. The van der Waals surface area contributed by atoms with Gasteiger partial charge in [0.25, 0.3) is 0 Å². The van der Waals surface area contributed by atoms with E-state index in [4.69, 9.17) is 29.4 Å². The molecule has 3 unspecified atom stereocenters. The number of carbonyl (C=O) groups excluding carboxylic acids is 3. The molecule has 5 heterocycles. The number of esters is 1. The van der Waals surface area contributed by atoms with Gasteiger partial charge in [0, 0.05) is 62.5 Å². The lowest BCUT2D eigenvalue weighted by molar-refractivity contribution is -0.296. The Balaban J connectivity index is 1.21. The number of aromatic nitrogens is 3. The summed E-state index contributed by atoms with van der Waals surface area (Å²) < 4.78 is 33.5. The number of carbonyl (C=O) groups is 3. The number of unbranched alkanes of at least 4 members (excludes halogenated alkanes) is 1. The minimum atomic E-state index is -1.25. The van der Waals surface area contributed by atoms with E-state index in [-0.39, 0.29) is 24.1 Å². The van der Waals surface area contributed by atoms with Crippen molar-refractivity contribution >= 4 is 23.5 Å². The predicted octanol–water partition coefficient (Wildman–Crippen LogP) is 3.79. The second kappa shape index (κ2) is 20.0. The summed E-state index contributed by atoms with van der Waals surface area (Å²) in [6.07, 6.45) is -0.0154. The van der Waals surface area contributed by atoms with E-state index in [1.54, 1.807) is 23.6 Å². The van der Waals surface area contributed by atoms with Gasteiger partial charge in [0.2, 0.25) is 0 Å². The van der Waals surface area contributed by atoms with E-state index in [1.165, 1.54) is 6.92 Å². The second-order valence-electron chi connectivity index (χ2n) is 18.8. The molecule has 0 radical (unpaired) electrons. The third kappa shape index (κ3) is 10.3. The highest BCUT2D eigenvalue weighted by Gasteiger charge is 2.59. The maximum atomic E-state index is 14.5. The molecule has 62 heavy (non-hydrogen) atoms. The van der Waals surface area contributed by atoms with Crippen molar-refractivity contribution in [2.75, 3.05) is 39.0 Å². The number of likely N-dealkylation sites (tertiary alicyclic amines) is 1. The van der Waals surface area contributed by atoms with Gasteiger partial charge in [-0.2, -0.15) is 0 Å². The summed E-state index contributed by atoms with van der Waals surface area (Å²) in [5.41, 5.74) is 5.89. The number of benzene rings is 1. The van der Waals surface area contributed by atoms with Crippen LogP contribution in [0.1, 0.15) is 93.9 Å². The van der Waals surface area contributed by atoms with Crippen molar-refractivity contribution in [2.45, 2.75) is 167 Å². The van der Waals surface area contributed by atoms with E-state index < -0.39 is 77.6 Å². The third-order valence-corrected chi connectivity index (χ3v) is 13.8. The number of ether oxygens (including phenoxy) is 5. The Morgan fingerprint density at radius 1 is 1.06 bits per heavy atom. The molecule has 14 atom stereocenters. The topological polar surface area (TPSA) is 213 Å². The summed E-state index contributed by atoms with van der Waals surface area (Å²) >= 11 is 0. The molecule has 1 amide bonds. The normalized spacial score (nSPS) is 38.0. The van der Waals surface area contributed by atoms with E-state index in [1.807, 2.05) is 65.1 Å². The van der Waals surface area contributed by atoms with Crippen molar-refractivity contribution in [2.24, 2.45) is 17.8 Å². The molecule has 0 spiro atoms. The SMILES string of the molecule is CC[C@H]1OC(=O)[C@H](C)C(=O)[C@H](C)[C@@H](O[C@@H]2OC(C)CC(N3CC[C@@H](O)C3)C2O)[C@](C)(OC)C[C@@H](C)CN[C@H](C)[C@H]2N(CCCCn3cc(-c4cccc(N)c4)nn3)C(=O)O[C@]12C. The van der Waals surface area contributed by atoms with Gasteiger partial charge >= 0.3 is 12.1 Å². The van der Waals surface area contributed by atoms with Crippen LogP contribution in [0.5, 0.6) is 0 Å².